The van der Waals surface area contributed by atoms with Gasteiger partial charge < -0.3 is 10.0 Å². The van der Waals surface area contributed by atoms with Gasteiger partial charge in [-0.15, -0.1) is 0 Å². The molecular formula is C13H13BrFNO3. The normalized spacial score (nSPS) is 22.6. The van der Waals surface area contributed by atoms with Crippen LogP contribution in [0.2, 0.25) is 0 Å². The van der Waals surface area contributed by atoms with Gasteiger partial charge in [-0.05, 0) is 46.5 Å². The van der Waals surface area contributed by atoms with E-state index >= 15 is 0 Å². The van der Waals surface area contributed by atoms with Gasteiger partial charge in [-0.3, -0.25) is 4.79 Å². The molecule has 6 heteroatoms. The van der Waals surface area contributed by atoms with E-state index in [0.717, 1.165) is 0 Å². The second-order valence-electron chi connectivity index (χ2n) is 4.67. The van der Waals surface area contributed by atoms with E-state index in [4.69, 9.17) is 0 Å². The predicted molar refractivity (Wildman–Crippen MR) is 70.3 cm³/mol. The van der Waals surface area contributed by atoms with Crippen LogP contribution in [0, 0.1) is 11.7 Å². The minimum absolute atomic E-state index is 0.0827. The molecule has 0 saturated carbocycles. The molecule has 19 heavy (non-hydrogen) atoms. The van der Waals surface area contributed by atoms with Crippen LogP contribution in [0.15, 0.2) is 22.7 Å². The quantitative estimate of drug-likeness (QED) is 0.907. The molecule has 1 amide bonds. The van der Waals surface area contributed by atoms with Crippen molar-refractivity contribution in [2.24, 2.45) is 5.92 Å². The molecule has 1 aliphatic rings. The molecule has 1 fully saturated rings. The molecule has 0 aliphatic carbocycles. The molecule has 2 rings (SSSR count). The van der Waals surface area contributed by atoms with E-state index in [2.05, 4.69) is 15.9 Å². The third kappa shape index (κ3) is 2.63. The van der Waals surface area contributed by atoms with E-state index in [0.29, 0.717) is 17.4 Å². The number of halogens is 2. The molecule has 4 nitrogen and oxygen atoms in total. The van der Waals surface area contributed by atoms with Crippen LogP contribution < -0.4 is 0 Å². The molecule has 1 aromatic rings. The van der Waals surface area contributed by atoms with Crippen LogP contribution in [-0.2, 0) is 4.79 Å². The average molecular weight is 330 g/mol. The van der Waals surface area contributed by atoms with Crippen LogP contribution in [0.25, 0.3) is 0 Å². The third-order valence-electron chi connectivity index (χ3n) is 3.38. The van der Waals surface area contributed by atoms with Gasteiger partial charge in [-0.25, -0.2) is 9.18 Å². The zero-order valence-electron chi connectivity index (χ0n) is 10.3. The summed E-state index contributed by atoms with van der Waals surface area (Å²) >= 11 is 3.13. The Hall–Kier alpha value is -1.43. The largest absolute Gasteiger partial charge is 0.480 e. The standard InChI is InChI=1S/C13H13BrFNO3/c1-7-4-5-16(11(7)13(18)19)12(17)9-3-2-8(15)6-10(9)14/h2-3,6-7,11H,4-5H2,1H3,(H,18,19). The number of aliphatic carboxylic acids is 1. The molecule has 1 N–H and O–H groups in total. The van der Waals surface area contributed by atoms with Crippen LogP contribution in [0.3, 0.4) is 0 Å². The number of carboxylic acid groups (broad SMARTS) is 1. The fraction of sp³-hybridized carbons (Fsp3) is 0.385. The maximum atomic E-state index is 13.0. The Morgan fingerprint density at radius 2 is 2.16 bits per heavy atom. The van der Waals surface area contributed by atoms with Crippen molar-refractivity contribution in [2.75, 3.05) is 6.54 Å². The van der Waals surface area contributed by atoms with Crippen LogP contribution in [0.5, 0.6) is 0 Å². The average Bonchev–Trinajstić information content (AvgIpc) is 2.70. The highest BCUT2D eigenvalue weighted by atomic mass is 79.9. The number of carbonyl (C=O) groups is 2. The fourth-order valence-electron chi connectivity index (χ4n) is 2.37. The van der Waals surface area contributed by atoms with Crippen molar-refractivity contribution in [2.45, 2.75) is 19.4 Å². The molecule has 0 radical (unpaired) electrons. The zero-order chi connectivity index (χ0) is 14.2. The molecule has 1 aliphatic heterocycles. The summed E-state index contributed by atoms with van der Waals surface area (Å²) in [7, 11) is 0. The number of likely N-dealkylation sites (tertiary alicyclic amines) is 1. The van der Waals surface area contributed by atoms with Crippen LogP contribution in [0.1, 0.15) is 23.7 Å². The van der Waals surface area contributed by atoms with E-state index in [1.54, 1.807) is 0 Å². The number of carbonyl (C=O) groups excluding carboxylic acids is 1. The van der Waals surface area contributed by atoms with E-state index in [1.165, 1.54) is 23.1 Å². The molecule has 0 aromatic heterocycles. The van der Waals surface area contributed by atoms with Gasteiger partial charge in [0.25, 0.3) is 5.91 Å². The molecule has 1 saturated heterocycles. The molecule has 102 valence electrons. The monoisotopic (exact) mass is 329 g/mol. The molecule has 2 unspecified atom stereocenters. The summed E-state index contributed by atoms with van der Waals surface area (Å²) in [4.78, 5) is 24.9. The Bertz CT molecular complexity index is 535. The van der Waals surface area contributed by atoms with Crippen LogP contribution >= 0.6 is 15.9 Å². The van der Waals surface area contributed by atoms with E-state index in [-0.39, 0.29) is 17.4 Å². The lowest BCUT2D eigenvalue weighted by Crippen LogP contribution is -2.42. The first-order valence-electron chi connectivity index (χ1n) is 5.90. The summed E-state index contributed by atoms with van der Waals surface area (Å²) in [6, 6.07) is 2.93. The summed E-state index contributed by atoms with van der Waals surface area (Å²) in [5.41, 5.74) is 0.279. The lowest BCUT2D eigenvalue weighted by Gasteiger charge is -2.23. The Labute approximate surface area is 118 Å². The zero-order valence-corrected chi connectivity index (χ0v) is 11.9. The van der Waals surface area contributed by atoms with Crippen molar-refractivity contribution in [3.63, 3.8) is 0 Å². The number of rotatable bonds is 2. The summed E-state index contributed by atoms with van der Waals surface area (Å²) in [5.74, 6) is -1.92. The topological polar surface area (TPSA) is 57.6 Å². The molecule has 0 spiro atoms. The second-order valence-corrected chi connectivity index (χ2v) is 5.53. The van der Waals surface area contributed by atoms with Crippen molar-refractivity contribution < 1.29 is 19.1 Å². The Morgan fingerprint density at radius 3 is 2.74 bits per heavy atom. The highest BCUT2D eigenvalue weighted by Gasteiger charge is 2.40. The van der Waals surface area contributed by atoms with Crippen molar-refractivity contribution >= 4 is 27.8 Å². The lowest BCUT2D eigenvalue weighted by molar-refractivity contribution is -0.142. The van der Waals surface area contributed by atoms with Crippen LogP contribution in [0.4, 0.5) is 4.39 Å². The van der Waals surface area contributed by atoms with Gasteiger partial charge in [0.05, 0.1) is 5.56 Å². The van der Waals surface area contributed by atoms with Gasteiger partial charge in [-0.2, -0.15) is 0 Å². The minimum Gasteiger partial charge on any atom is -0.480 e. The van der Waals surface area contributed by atoms with Gasteiger partial charge in [0.2, 0.25) is 0 Å². The van der Waals surface area contributed by atoms with Crippen molar-refractivity contribution in [3.05, 3.63) is 34.1 Å². The van der Waals surface area contributed by atoms with Gasteiger partial charge in [0, 0.05) is 11.0 Å². The number of nitrogens with zero attached hydrogens (tertiary/aromatic N) is 1. The van der Waals surface area contributed by atoms with E-state index < -0.39 is 17.8 Å². The first-order valence-corrected chi connectivity index (χ1v) is 6.70. The van der Waals surface area contributed by atoms with Gasteiger partial charge >= 0.3 is 5.97 Å². The number of hydrogen-bond acceptors (Lipinski definition) is 2. The molecular weight excluding hydrogens is 317 g/mol. The number of hydrogen-bond donors (Lipinski definition) is 1. The molecule has 1 heterocycles. The summed E-state index contributed by atoms with van der Waals surface area (Å²) in [5, 5.41) is 9.20. The Kier molecular flexibility index (Phi) is 3.89. The maximum Gasteiger partial charge on any atom is 0.326 e. The summed E-state index contributed by atoms with van der Waals surface area (Å²) in [6.45, 7) is 2.21. The third-order valence-corrected chi connectivity index (χ3v) is 4.03. The van der Waals surface area contributed by atoms with Gasteiger partial charge in [0.1, 0.15) is 11.9 Å². The molecule has 2 atom stereocenters. The highest BCUT2D eigenvalue weighted by molar-refractivity contribution is 9.10. The SMILES string of the molecule is CC1CCN(C(=O)c2ccc(F)cc2Br)C1C(=O)O. The maximum absolute atomic E-state index is 13.0. The van der Waals surface area contributed by atoms with E-state index in [1.807, 2.05) is 6.92 Å². The van der Waals surface area contributed by atoms with Crippen LogP contribution in [-0.4, -0.2) is 34.5 Å². The first-order chi connectivity index (χ1) is 8.91. The second kappa shape index (κ2) is 5.28. The van der Waals surface area contributed by atoms with Crippen molar-refractivity contribution in [1.29, 1.82) is 0 Å². The number of benzene rings is 1. The predicted octanol–water partition coefficient (Wildman–Crippen LogP) is 2.52. The minimum atomic E-state index is -1.00. The summed E-state index contributed by atoms with van der Waals surface area (Å²) < 4.78 is 13.3. The van der Waals surface area contributed by atoms with E-state index in [9.17, 15) is 19.1 Å². The van der Waals surface area contributed by atoms with Crippen molar-refractivity contribution in [3.8, 4) is 0 Å². The summed E-state index contributed by atoms with van der Waals surface area (Å²) in [6.07, 6.45) is 0.654. The van der Waals surface area contributed by atoms with Gasteiger partial charge in [0.15, 0.2) is 0 Å². The first kappa shape index (κ1) is 14.0. The number of carboxylic acids is 1. The highest BCUT2D eigenvalue weighted by Crippen LogP contribution is 2.28. The Morgan fingerprint density at radius 1 is 1.47 bits per heavy atom. The number of amides is 1. The smallest absolute Gasteiger partial charge is 0.326 e. The lowest BCUT2D eigenvalue weighted by atomic mass is 10.0. The molecule has 1 aromatic carbocycles. The van der Waals surface area contributed by atoms with Crippen molar-refractivity contribution in [1.82, 2.24) is 4.90 Å². The fourth-order valence-corrected chi connectivity index (χ4v) is 2.89. The van der Waals surface area contributed by atoms with Gasteiger partial charge in [-0.1, -0.05) is 6.92 Å². The molecule has 0 bridgehead atoms. The Balaban J connectivity index is 2.31.